The topological polar surface area (TPSA) is 55.2 Å². The quantitative estimate of drug-likeness (QED) is 0.659. The molecule has 0 amide bonds. The minimum absolute atomic E-state index is 0.0866. The Bertz CT molecular complexity index is 401. The lowest BCUT2D eigenvalue weighted by atomic mass is 10.2. The van der Waals surface area contributed by atoms with Crippen LogP contribution in [0.2, 0.25) is 5.02 Å². The average molecular weight is 251 g/mol. The Balaban J connectivity index is 2.85. The first-order valence-corrected chi connectivity index (χ1v) is 4.78. The maximum absolute atomic E-state index is 12.2. The summed E-state index contributed by atoms with van der Waals surface area (Å²) >= 11 is 5.62. The van der Waals surface area contributed by atoms with E-state index in [1.54, 1.807) is 0 Å². The molecule has 0 aliphatic carbocycles. The molecule has 1 aromatic carbocycles. The third kappa shape index (κ3) is 3.03. The second-order valence-corrected chi connectivity index (χ2v) is 3.60. The van der Waals surface area contributed by atoms with Gasteiger partial charge in [0.25, 0.3) is 12.1 Å². The molecule has 0 saturated carbocycles. The number of halogens is 3. The van der Waals surface area contributed by atoms with Gasteiger partial charge in [-0.3, -0.25) is 10.1 Å². The van der Waals surface area contributed by atoms with E-state index < -0.39 is 17.4 Å². The van der Waals surface area contributed by atoms with E-state index in [0.717, 1.165) is 0 Å². The molecule has 1 unspecified atom stereocenters. The van der Waals surface area contributed by atoms with Crippen molar-refractivity contribution < 1.29 is 13.7 Å². The Kier molecular flexibility index (Phi) is 4.00. The van der Waals surface area contributed by atoms with Gasteiger partial charge in [-0.05, 0) is 19.1 Å². The lowest BCUT2D eigenvalue weighted by Crippen LogP contribution is -2.23. The first-order valence-electron chi connectivity index (χ1n) is 4.40. The molecular weight excluding hydrogens is 242 g/mol. The second kappa shape index (κ2) is 5.07. The van der Waals surface area contributed by atoms with Crippen LogP contribution in [0.5, 0.6) is 0 Å². The minimum Gasteiger partial charge on any atom is -0.377 e. The van der Waals surface area contributed by atoms with Crippen LogP contribution in [-0.4, -0.2) is 17.4 Å². The van der Waals surface area contributed by atoms with E-state index in [1.165, 1.54) is 25.1 Å². The third-order valence-electron chi connectivity index (χ3n) is 1.92. The van der Waals surface area contributed by atoms with E-state index in [-0.39, 0.29) is 10.7 Å². The van der Waals surface area contributed by atoms with Crippen LogP contribution in [-0.2, 0) is 0 Å². The van der Waals surface area contributed by atoms with Gasteiger partial charge in [0.15, 0.2) is 0 Å². The van der Waals surface area contributed by atoms with Crippen LogP contribution in [0, 0.1) is 10.1 Å². The fourth-order valence-electron chi connectivity index (χ4n) is 1.07. The van der Waals surface area contributed by atoms with Crippen molar-refractivity contribution in [1.82, 2.24) is 0 Å². The lowest BCUT2D eigenvalue weighted by molar-refractivity contribution is -0.384. The van der Waals surface area contributed by atoms with Gasteiger partial charge in [0.2, 0.25) is 0 Å². The van der Waals surface area contributed by atoms with E-state index >= 15 is 0 Å². The smallest absolute Gasteiger partial charge is 0.288 e. The van der Waals surface area contributed by atoms with Gasteiger partial charge in [-0.1, -0.05) is 11.6 Å². The van der Waals surface area contributed by atoms with Crippen LogP contribution >= 0.6 is 11.6 Å². The summed E-state index contributed by atoms with van der Waals surface area (Å²) in [4.78, 5) is 9.81. The summed E-state index contributed by atoms with van der Waals surface area (Å²) in [6, 6.07) is 2.71. The molecule has 0 radical (unpaired) electrons. The number of nitro benzene ring substituents is 1. The Hall–Kier alpha value is -1.43. The molecule has 1 N–H and O–H groups in total. The summed E-state index contributed by atoms with van der Waals surface area (Å²) in [7, 11) is 0. The number of nitrogens with one attached hydrogen (secondary N) is 1. The van der Waals surface area contributed by atoms with Gasteiger partial charge in [0.1, 0.15) is 5.02 Å². The average Bonchev–Trinajstić information content (AvgIpc) is 2.16. The van der Waals surface area contributed by atoms with Crippen molar-refractivity contribution in [3.8, 4) is 0 Å². The summed E-state index contributed by atoms with van der Waals surface area (Å²) in [5.41, 5.74) is 0.0697. The Labute approximate surface area is 95.4 Å². The SMILES string of the molecule is CC(Nc1ccc([N+](=O)[O-])c(Cl)c1)C(F)F. The van der Waals surface area contributed by atoms with Crippen molar-refractivity contribution in [3.05, 3.63) is 33.3 Å². The number of benzene rings is 1. The van der Waals surface area contributed by atoms with Crippen LogP contribution in [0.4, 0.5) is 20.2 Å². The van der Waals surface area contributed by atoms with Gasteiger partial charge in [-0.25, -0.2) is 8.78 Å². The number of hydrogen-bond acceptors (Lipinski definition) is 3. The number of nitrogens with zero attached hydrogens (tertiary/aromatic N) is 1. The van der Waals surface area contributed by atoms with Crippen molar-refractivity contribution in [1.29, 1.82) is 0 Å². The van der Waals surface area contributed by atoms with Crippen LogP contribution in [0.25, 0.3) is 0 Å². The summed E-state index contributed by atoms with van der Waals surface area (Å²) in [5, 5.41) is 12.8. The summed E-state index contributed by atoms with van der Waals surface area (Å²) in [6.07, 6.45) is -2.52. The molecule has 1 rings (SSSR count). The zero-order valence-electron chi connectivity index (χ0n) is 8.28. The van der Waals surface area contributed by atoms with Gasteiger partial charge in [-0.15, -0.1) is 0 Å². The third-order valence-corrected chi connectivity index (χ3v) is 2.22. The van der Waals surface area contributed by atoms with Crippen molar-refractivity contribution in [2.24, 2.45) is 0 Å². The fourth-order valence-corrected chi connectivity index (χ4v) is 1.32. The number of alkyl halides is 2. The number of rotatable bonds is 4. The summed E-state index contributed by atoms with van der Waals surface area (Å²) in [6.45, 7) is 1.31. The molecule has 0 heterocycles. The first-order chi connectivity index (χ1) is 7.41. The Morgan fingerprint density at radius 1 is 1.50 bits per heavy atom. The zero-order chi connectivity index (χ0) is 12.3. The molecule has 4 nitrogen and oxygen atoms in total. The molecule has 0 saturated heterocycles. The van der Waals surface area contributed by atoms with Crippen molar-refractivity contribution in [2.75, 3.05) is 5.32 Å². The van der Waals surface area contributed by atoms with Crippen LogP contribution in [0.1, 0.15) is 6.92 Å². The van der Waals surface area contributed by atoms with Gasteiger partial charge in [0, 0.05) is 11.8 Å². The highest BCUT2D eigenvalue weighted by atomic mass is 35.5. The molecule has 0 bridgehead atoms. The van der Waals surface area contributed by atoms with Crippen molar-refractivity contribution >= 4 is 23.0 Å². The van der Waals surface area contributed by atoms with Crippen LogP contribution in [0.15, 0.2) is 18.2 Å². The highest BCUT2D eigenvalue weighted by Crippen LogP contribution is 2.27. The molecule has 88 valence electrons. The van der Waals surface area contributed by atoms with E-state index in [4.69, 9.17) is 11.6 Å². The van der Waals surface area contributed by atoms with Crippen molar-refractivity contribution in [2.45, 2.75) is 19.4 Å². The summed E-state index contributed by atoms with van der Waals surface area (Å²) < 4.78 is 24.4. The molecule has 16 heavy (non-hydrogen) atoms. The molecule has 1 aromatic rings. The predicted molar refractivity (Wildman–Crippen MR) is 57.2 cm³/mol. The maximum atomic E-state index is 12.2. The Morgan fingerprint density at radius 3 is 2.56 bits per heavy atom. The summed E-state index contributed by atoms with van der Waals surface area (Å²) in [5.74, 6) is 0. The number of hydrogen-bond donors (Lipinski definition) is 1. The largest absolute Gasteiger partial charge is 0.377 e. The maximum Gasteiger partial charge on any atom is 0.288 e. The fraction of sp³-hybridized carbons (Fsp3) is 0.333. The van der Waals surface area contributed by atoms with E-state index in [9.17, 15) is 18.9 Å². The standard InChI is InChI=1S/C9H9ClF2N2O2/c1-5(9(11)12)13-6-2-3-8(14(15)16)7(10)4-6/h2-5,9,13H,1H3. The molecule has 0 aromatic heterocycles. The predicted octanol–water partition coefficient (Wildman–Crippen LogP) is 3.31. The van der Waals surface area contributed by atoms with Gasteiger partial charge < -0.3 is 5.32 Å². The lowest BCUT2D eigenvalue weighted by Gasteiger charge is -2.13. The van der Waals surface area contributed by atoms with Gasteiger partial charge in [0.05, 0.1) is 11.0 Å². The molecule has 1 atom stereocenters. The molecular formula is C9H9ClF2N2O2. The Morgan fingerprint density at radius 2 is 2.12 bits per heavy atom. The molecule has 0 aliphatic heterocycles. The van der Waals surface area contributed by atoms with Crippen molar-refractivity contribution in [3.63, 3.8) is 0 Å². The van der Waals surface area contributed by atoms with E-state index in [1.807, 2.05) is 0 Å². The number of anilines is 1. The monoisotopic (exact) mass is 250 g/mol. The van der Waals surface area contributed by atoms with Gasteiger partial charge >= 0.3 is 0 Å². The highest BCUT2D eigenvalue weighted by Gasteiger charge is 2.16. The zero-order valence-corrected chi connectivity index (χ0v) is 9.04. The van der Waals surface area contributed by atoms with E-state index in [2.05, 4.69) is 5.32 Å². The molecule has 7 heteroatoms. The minimum atomic E-state index is -2.52. The van der Waals surface area contributed by atoms with Crippen LogP contribution in [0.3, 0.4) is 0 Å². The highest BCUT2D eigenvalue weighted by molar-refractivity contribution is 6.32. The van der Waals surface area contributed by atoms with Gasteiger partial charge in [-0.2, -0.15) is 0 Å². The second-order valence-electron chi connectivity index (χ2n) is 3.19. The van der Waals surface area contributed by atoms with Crippen LogP contribution < -0.4 is 5.32 Å². The van der Waals surface area contributed by atoms with E-state index in [0.29, 0.717) is 5.69 Å². The first kappa shape index (κ1) is 12.6. The number of nitro groups is 1. The molecule has 0 fully saturated rings. The molecule has 0 aliphatic rings. The molecule has 0 spiro atoms. The normalized spacial score (nSPS) is 12.6.